The van der Waals surface area contributed by atoms with Gasteiger partial charge in [-0.1, -0.05) is 71.1 Å². The molecule has 6 heteroatoms. The molecule has 0 fully saturated rings. The Balaban J connectivity index is 4.43. The van der Waals surface area contributed by atoms with Crippen LogP contribution in [0.1, 0.15) is 97.8 Å². The lowest BCUT2D eigenvalue weighted by molar-refractivity contribution is -0.173. The molecule has 0 aromatic rings. The van der Waals surface area contributed by atoms with E-state index in [1.165, 1.54) is 19.3 Å². The van der Waals surface area contributed by atoms with Crippen molar-refractivity contribution in [2.75, 3.05) is 0 Å². The van der Waals surface area contributed by atoms with Crippen molar-refractivity contribution in [3.05, 3.63) is 24.8 Å². The summed E-state index contributed by atoms with van der Waals surface area (Å²) in [5, 5.41) is 9.84. The zero-order valence-electron chi connectivity index (χ0n) is 20.4. The highest BCUT2D eigenvalue weighted by Gasteiger charge is 2.46. The van der Waals surface area contributed by atoms with Crippen molar-refractivity contribution >= 4 is 18.2 Å². The second-order valence-corrected chi connectivity index (χ2v) is 8.92. The largest absolute Gasteiger partial charge is 0.445 e. The van der Waals surface area contributed by atoms with Gasteiger partial charge in [-0.05, 0) is 39.0 Å². The molecule has 3 N–H and O–H groups in total. The second-order valence-electron chi connectivity index (χ2n) is 8.92. The molecule has 184 valence electrons. The number of carbonyl (C=O) groups excluding carboxylic acids is 3. The van der Waals surface area contributed by atoms with Crippen molar-refractivity contribution in [1.82, 2.24) is 0 Å². The van der Waals surface area contributed by atoms with Gasteiger partial charge >= 0.3 is 5.97 Å². The maximum absolute atomic E-state index is 12.2. The lowest BCUT2D eigenvalue weighted by Gasteiger charge is -2.36. The molecule has 0 heterocycles. The maximum Gasteiger partial charge on any atom is 0.331 e. The summed E-state index contributed by atoms with van der Waals surface area (Å²) in [6, 6.07) is 0. The number of rotatable bonds is 20. The van der Waals surface area contributed by atoms with Gasteiger partial charge in [0.1, 0.15) is 6.29 Å². The number of esters is 1. The van der Waals surface area contributed by atoms with Crippen molar-refractivity contribution < 1.29 is 24.2 Å². The Morgan fingerprint density at radius 2 is 1.72 bits per heavy atom. The number of aldehydes is 1. The van der Waals surface area contributed by atoms with Gasteiger partial charge in [0.25, 0.3) is 5.91 Å². The predicted molar refractivity (Wildman–Crippen MR) is 129 cm³/mol. The molecule has 0 rings (SSSR count). The van der Waals surface area contributed by atoms with Gasteiger partial charge < -0.3 is 20.4 Å². The molecule has 0 bridgehead atoms. The summed E-state index contributed by atoms with van der Waals surface area (Å²) in [7, 11) is 0. The molecule has 1 amide bonds. The van der Waals surface area contributed by atoms with Crippen LogP contribution in [-0.4, -0.2) is 35.0 Å². The Morgan fingerprint density at radius 3 is 2.28 bits per heavy atom. The summed E-state index contributed by atoms with van der Waals surface area (Å²) in [4.78, 5) is 35.2. The summed E-state index contributed by atoms with van der Waals surface area (Å²) in [5.74, 6) is -1.67. The molecule has 0 aliphatic rings. The van der Waals surface area contributed by atoms with Crippen LogP contribution in [0.3, 0.4) is 0 Å². The normalized spacial score (nSPS) is 16.1. The molecule has 0 spiro atoms. The van der Waals surface area contributed by atoms with Gasteiger partial charge in [0.15, 0.2) is 5.60 Å². The monoisotopic (exact) mass is 451 g/mol. The van der Waals surface area contributed by atoms with Gasteiger partial charge in [0.2, 0.25) is 0 Å². The number of primary amides is 1. The minimum absolute atomic E-state index is 0.0395. The summed E-state index contributed by atoms with van der Waals surface area (Å²) < 4.78 is 5.37. The third-order valence-electron chi connectivity index (χ3n) is 6.00. The topological polar surface area (TPSA) is 107 Å². The number of amides is 1. The first-order valence-corrected chi connectivity index (χ1v) is 12.2. The standard InChI is InChI=1S/C26H45NO5/c1-5-7-8-14-17-23(20-28)18-15-12-10-9-11-13-16-21(3)26(25(27)31,19-22(4)29)32-24(30)6-2/h6,12,15,20-23,29H,2,5,7-11,13-14,16-19H2,1,3-4H3,(H2,27,31). The van der Waals surface area contributed by atoms with Crippen LogP contribution in [0, 0.1) is 11.8 Å². The average Bonchev–Trinajstić information content (AvgIpc) is 2.75. The quantitative estimate of drug-likeness (QED) is 0.0887. The number of aliphatic hydroxyl groups excluding tert-OH is 1. The molecule has 4 unspecified atom stereocenters. The van der Waals surface area contributed by atoms with Gasteiger partial charge in [-0.2, -0.15) is 0 Å². The Hall–Kier alpha value is -1.95. The first kappa shape index (κ1) is 30.0. The predicted octanol–water partition coefficient (Wildman–Crippen LogP) is 5.03. The zero-order valence-corrected chi connectivity index (χ0v) is 20.4. The number of aliphatic hydroxyl groups is 1. The van der Waals surface area contributed by atoms with Crippen LogP contribution in [0.4, 0.5) is 0 Å². The summed E-state index contributed by atoms with van der Waals surface area (Å²) in [5.41, 5.74) is 4.05. The van der Waals surface area contributed by atoms with Gasteiger partial charge in [-0.25, -0.2) is 4.79 Å². The summed E-state index contributed by atoms with van der Waals surface area (Å²) in [6.07, 6.45) is 16.4. The van der Waals surface area contributed by atoms with E-state index in [4.69, 9.17) is 10.5 Å². The van der Waals surface area contributed by atoms with Crippen LogP contribution in [-0.2, 0) is 19.1 Å². The van der Waals surface area contributed by atoms with E-state index < -0.39 is 23.6 Å². The fourth-order valence-electron chi connectivity index (χ4n) is 3.98. The first-order valence-electron chi connectivity index (χ1n) is 12.2. The van der Waals surface area contributed by atoms with Crippen LogP contribution in [0.2, 0.25) is 0 Å². The molecule has 6 nitrogen and oxygen atoms in total. The third-order valence-corrected chi connectivity index (χ3v) is 6.00. The van der Waals surface area contributed by atoms with Gasteiger partial charge in [-0.3, -0.25) is 4.79 Å². The minimum atomic E-state index is -1.54. The molecule has 0 saturated heterocycles. The number of unbranched alkanes of at least 4 members (excludes halogenated alkanes) is 6. The van der Waals surface area contributed by atoms with Crippen LogP contribution in [0.25, 0.3) is 0 Å². The first-order chi connectivity index (χ1) is 15.2. The molecule has 0 aliphatic heterocycles. The van der Waals surface area contributed by atoms with Crippen LogP contribution in [0.15, 0.2) is 24.8 Å². The average molecular weight is 452 g/mol. The number of nitrogens with two attached hydrogens (primary N) is 1. The van der Waals surface area contributed by atoms with Gasteiger partial charge in [0, 0.05) is 24.3 Å². The van der Waals surface area contributed by atoms with Crippen molar-refractivity contribution in [2.45, 2.75) is 110 Å². The number of hydrogen-bond donors (Lipinski definition) is 2. The fraction of sp³-hybridized carbons (Fsp3) is 0.731. The maximum atomic E-state index is 12.2. The molecule has 4 atom stereocenters. The Bertz CT molecular complexity index is 587. The molecule has 0 aromatic heterocycles. The molecular formula is C26H45NO5. The molecular weight excluding hydrogens is 406 g/mol. The number of ether oxygens (including phenoxy) is 1. The Morgan fingerprint density at radius 1 is 1.06 bits per heavy atom. The number of allylic oxidation sites excluding steroid dienone is 2. The molecule has 0 saturated carbocycles. The highest BCUT2D eigenvalue weighted by Crippen LogP contribution is 2.32. The van der Waals surface area contributed by atoms with E-state index >= 15 is 0 Å². The molecule has 0 aliphatic carbocycles. The lowest BCUT2D eigenvalue weighted by Crippen LogP contribution is -2.54. The van der Waals surface area contributed by atoms with Crippen molar-refractivity contribution in [3.63, 3.8) is 0 Å². The Labute approximate surface area is 194 Å². The van der Waals surface area contributed by atoms with E-state index in [1.54, 1.807) is 6.92 Å². The minimum Gasteiger partial charge on any atom is -0.445 e. The van der Waals surface area contributed by atoms with Gasteiger partial charge in [-0.15, -0.1) is 0 Å². The summed E-state index contributed by atoms with van der Waals surface area (Å²) >= 11 is 0. The highest BCUT2D eigenvalue weighted by atomic mass is 16.6. The van der Waals surface area contributed by atoms with Crippen LogP contribution < -0.4 is 5.73 Å². The molecule has 32 heavy (non-hydrogen) atoms. The zero-order chi connectivity index (χ0) is 24.4. The van der Waals surface area contributed by atoms with Crippen LogP contribution in [0.5, 0.6) is 0 Å². The number of carbonyl (C=O) groups is 3. The van der Waals surface area contributed by atoms with Gasteiger partial charge in [0.05, 0.1) is 6.10 Å². The van der Waals surface area contributed by atoms with E-state index in [2.05, 4.69) is 25.7 Å². The number of hydrogen-bond acceptors (Lipinski definition) is 5. The fourth-order valence-corrected chi connectivity index (χ4v) is 3.98. The lowest BCUT2D eigenvalue weighted by atomic mass is 9.80. The van der Waals surface area contributed by atoms with Crippen molar-refractivity contribution in [1.29, 1.82) is 0 Å². The Kier molecular flexibility index (Phi) is 16.5. The van der Waals surface area contributed by atoms with E-state index in [1.807, 2.05) is 6.92 Å². The third kappa shape index (κ3) is 12.2. The second kappa shape index (κ2) is 17.6. The van der Waals surface area contributed by atoms with Crippen molar-refractivity contribution in [3.8, 4) is 0 Å². The van der Waals surface area contributed by atoms with E-state index in [0.29, 0.717) is 6.42 Å². The van der Waals surface area contributed by atoms with E-state index in [9.17, 15) is 19.5 Å². The van der Waals surface area contributed by atoms with Crippen molar-refractivity contribution in [2.24, 2.45) is 17.6 Å². The summed E-state index contributed by atoms with van der Waals surface area (Å²) in [6.45, 7) is 8.92. The SMILES string of the molecule is C=CC(=O)OC(CC(C)O)(C(N)=O)C(C)CCCCCC=CCC(C=O)CCCCCC. The van der Waals surface area contributed by atoms with E-state index in [0.717, 1.165) is 57.3 Å². The highest BCUT2D eigenvalue weighted by molar-refractivity contribution is 5.89. The van der Waals surface area contributed by atoms with E-state index in [-0.39, 0.29) is 18.3 Å². The molecule has 0 aromatic carbocycles. The van der Waals surface area contributed by atoms with Crippen LogP contribution >= 0.6 is 0 Å². The smallest absolute Gasteiger partial charge is 0.331 e. The molecule has 0 radical (unpaired) electrons.